The van der Waals surface area contributed by atoms with Gasteiger partial charge in [-0.1, -0.05) is 32.9 Å². The Hall–Kier alpha value is -2.76. The number of carbonyl (C=O) groups excluding carboxylic acids is 1. The van der Waals surface area contributed by atoms with E-state index in [2.05, 4.69) is 36.2 Å². The van der Waals surface area contributed by atoms with Gasteiger partial charge >= 0.3 is 0 Å². The molecule has 2 aromatic heterocycles. The molecular weight excluding hydrogens is 343 g/mol. The smallest absolute Gasteiger partial charge is 0.270 e. The van der Waals surface area contributed by atoms with Crippen LogP contribution in [-0.4, -0.2) is 26.0 Å². The lowest BCUT2D eigenvalue weighted by Crippen LogP contribution is -2.41. The van der Waals surface area contributed by atoms with Crippen molar-refractivity contribution in [1.82, 2.24) is 19.9 Å². The minimum atomic E-state index is -0.388. The van der Waals surface area contributed by atoms with E-state index in [1.807, 2.05) is 26.8 Å². The number of aromatic nitrogens is 3. The Balaban J connectivity index is 2.23. The van der Waals surface area contributed by atoms with Crippen LogP contribution >= 0.6 is 0 Å². The molecule has 0 spiro atoms. The van der Waals surface area contributed by atoms with Crippen LogP contribution in [0.25, 0.3) is 16.9 Å². The monoisotopic (exact) mass is 368 g/mol. The van der Waals surface area contributed by atoms with Crippen molar-refractivity contribution in [2.45, 2.75) is 52.5 Å². The molecule has 2 heterocycles. The molecule has 3 aromatic rings. The van der Waals surface area contributed by atoms with Crippen LogP contribution in [0.1, 0.15) is 57.7 Å². The number of nitrogens with zero attached hydrogens (tertiary/aromatic N) is 3. The zero-order valence-corrected chi connectivity index (χ0v) is 16.6. The topological polar surface area (TPSA) is 59.3 Å². The summed E-state index contributed by atoms with van der Waals surface area (Å²) in [5, 5.41) is 7.59. The molecule has 0 radical (unpaired) electrons. The maximum atomic E-state index is 13.8. The van der Waals surface area contributed by atoms with Gasteiger partial charge in [0.2, 0.25) is 0 Å². The number of amides is 1. The van der Waals surface area contributed by atoms with Gasteiger partial charge < -0.3 is 5.32 Å². The molecule has 5 nitrogen and oxygen atoms in total. The second kappa shape index (κ2) is 6.44. The molecule has 1 aromatic carbocycles. The fraction of sp³-hybridized carbons (Fsp3) is 0.381. The summed E-state index contributed by atoms with van der Waals surface area (Å²) in [7, 11) is 0. The van der Waals surface area contributed by atoms with Gasteiger partial charge in [0, 0.05) is 22.6 Å². The third kappa shape index (κ3) is 4.15. The van der Waals surface area contributed by atoms with Crippen molar-refractivity contribution < 1.29 is 9.18 Å². The molecule has 6 heteroatoms. The maximum absolute atomic E-state index is 13.8. The zero-order valence-electron chi connectivity index (χ0n) is 16.6. The number of carbonyl (C=O) groups is 1. The molecule has 1 amide bonds. The standard InChI is InChI=1S/C21H25FN4O/c1-20(2,3)17-12-18-23-15(19(27)24-21(4,5)6)11-16(26(18)25-17)13-8-7-9-14(22)10-13/h7-12H,1-6H3,(H,24,27). The first-order valence-electron chi connectivity index (χ1n) is 8.94. The third-order valence-corrected chi connectivity index (χ3v) is 4.04. The summed E-state index contributed by atoms with van der Waals surface area (Å²) < 4.78 is 15.5. The molecule has 0 aliphatic carbocycles. The predicted octanol–water partition coefficient (Wildman–Crippen LogP) is 4.36. The number of hydrogen-bond donors (Lipinski definition) is 1. The largest absolute Gasteiger partial charge is 0.346 e. The minimum absolute atomic E-state index is 0.180. The van der Waals surface area contributed by atoms with Crippen molar-refractivity contribution in [3.8, 4) is 11.3 Å². The Bertz CT molecular complexity index is 1010. The predicted molar refractivity (Wildman–Crippen MR) is 104 cm³/mol. The maximum Gasteiger partial charge on any atom is 0.270 e. The fourth-order valence-electron chi connectivity index (χ4n) is 2.72. The molecule has 3 rings (SSSR count). The Morgan fingerprint density at radius 2 is 1.78 bits per heavy atom. The lowest BCUT2D eigenvalue weighted by atomic mass is 9.93. The zero-order chi connectivity index (χ0) is 20.0. The highest BCUT2D eigenvalue weighted by atomic mass is 19.1. The lowest BCUT2D eigenvalue weighted by Gasteiger charge is -2.20. The van der Waals surface area contributed by atoms with Crippen molar-refractivity contribution in [3.05, 3.63) is 53.6 Å². The molecule has 0 aliphatic rings. The summed E-state index contributed by atoms with van der Waals surface area (Å²) in [6.45, 7) is 11.9. The van der Waals surface area contributed by atoms with E-state index in [0.29, 0.717) is 16.9 Å². The molecule has 1 N–H and O–H groups in total. The van der Waals surface area contributed by atoms with Crippen LogP contribution in [0, 0.1) is 5.82 Å². The summed E-state index contributed by atoms with van der Waals surface area (Å²) in [5.41, 5.74) is 2.37. The van der Waals surface area contributed by atoms with Crippen molar-refractivity contribution >= 4 is 11.6 Å². The van der Waals surface area contributed by atoms with Gasteiger partial charge in [0.1, 0.15) is 11.5 Å². The van der Waals surface area contributed by atoms with Gasteiger partial charge in [-0.15, -0.1) is 0 Å². The first-order valence-corrected chi connectivity index (χ1v) is 8.94. The molecule has 0 fully saturated rings. The van der Waals surface area contributed by atoms with Gasteiger partial charge in [0.05, 0.1) is 11.4 Å². The number of nitrogens with one attached hydrogen (secondary N) is 1. The summed E-state index contributed by atoms with van der Waals surface area (Å²) in [5.74, 6) is -0.623. The van der Waals surface area contributed by atoms with E-state index in [9.17, 15) is 9.18 Å². The average Bonchev–Trinajstić information content (AvgIpc) is 2.96. The number of benzene rings is 1. The molecule has 0 bridgehead atoms. The van der Waals surface area contributed by atoms with Gasteiger partial charge in [0.15, 0.2) is 5.65 Å². The second-order valence-electron chi connectivity index (χ2n) is 8.79. The van der Waals surface area contributed by atoms with Crippen LogP contribution < -0.4 is 5.32 Å². The van der Waals surface area contributed by atoms with Gasteiger partial charge in [-0.2, -0.15) is 5.10 Å². The molecule has 142 valence electrons. The van der Waals surface area contributed by atoms with E-state index < -0.39 is 0 Å². The Labute approximate surface area is 158 Å². The summed E-state index contributed by atoms with van der Waals surface area (Å²) in [6, 6.07) is 9.78. The van der Waals surface area contributed by atoms with Crippen LogP contribution in [0.2, 0.25) is 0 Å². The van der Waals surface area contributed by atoms with E-state index in [-0.39, 0.29) is 28.4 Å². The van der Waals surface area contributed by atoms with Crippen molar-refractivity contribution in [3.63, 3.8) is 0 Å². The summed E-state index contributed by atoms with van der Waals surface area (Å²) in [6.07, 6.45) is 0. The molecule has 0 saturated carbocycles. The minimum Gasteiger partial charge on any atom is -0.346 e. The fourth-order valence-corrected chi connectivity index (χ4v) is 2.72. The number of rotatable bonds is 2. The van der Waals surface area contributed by atoms with Gasteiger partial charge in [-0.25, -0.2) is 13.9 Å². The van der Waals surface area contributed by atoms with E-state index in [4.69, 9.17) is 0 Å². The van der Waals surface area contributed by atoms with Gasteiger partial charge in [0.25, 0.3) is 5.91 Å². The molecule has 0 atom stereocenters. The van der Waals surface area contributed by atoms with Crippen LogP contribution in [0.4, 0.5) is 4.39 Å². The van der Waals surface area contributed by atoms with Crippen LogP contribution in [0.15, 0.2) is 36.4 Å². The Morgan fingerprint density at radius 1 is 1.07 bits per heavy atom. The van der Waals surface area contributed by atoms with Crippen LogP contribution in [0.5, 0.6) is 0 Å². The van der Waals surface area contributed by atoms with Crippen molar-refractivity contribution in [1.29, 1.82) is 0 Å². The van der Waals surface area contributed by atoms with Crippen molar-refractivity contribution in [2.75, 3.05) is 0 Å². The molecule has 0 saturated heterocycles. The first-order chi connectivity index (χ1) is 12.4. The first kappa shape index (κ1) is 19.0. The Kier molecular flexibility index (Phi) is 4.54. The average molecular weight is 368 g/mol. The van der Waals surface area contributed by atoms with E-state index >= 15 is 0 Å². The van der Waals surface area contributed by atoms with Crippen LogP contribution in [0.3, 0.4) is 0 Å². The SMILES string of the molecule is CC(C)(C)NC(=O)c1cc(-c2cccc(F)c2)n2nc(C(C)(C)C)cc2n1. The summed E-state index contributed by atoms with van der Waals surface area (Å²) in [4.78, 5) is 17.2. The van der Waals surface area contributed by atoms with E-state index in [0.717, 1.165) is 5.69 Å². The van der Waals surface area contributed by atoms with Gasteiger partial charge in [-0.05, 0) is 39.0 Å². The van der Waals surface area contributed by atoms with Crippen LogP contribution in [-0.2, 0) is 5.41 Å². The Morgan fingerprint density at radius 3 is 2.37 bits per heavy atom. The number of hydrogen-bond acceptors (Lipinski definition) is 3. The third-order valence-electron chi connectivity index (χ3n) is 4.04. The normalized spacial score (nSPS) is 12.4. The summed E-state index contributed by atoms with van der Waals surface area (Å²) >= 11 is 0. The van der Waals surface area contributed by atoms with E-state index in [1.165, 1.54) is 12.1 Å². The van der Waals surface area contributed by atoms with Gasteiger partial charge in [-0.3, -0.25) is 4.79 Å². The van der Waals surface area contributed by atoms with E-state index in [1.54, 1.807) is 22.7 Å². The molecule has 0 unspecified atom stereocenters. The highest BCUT2D eigenvalue weighted by Gasteiger charge is 2.23. The number of fused-ring (bicyclic) bond motifs is 1. The highest BCUT2D eigenvalue weighted by Crippen LogP contribution is 2.26. The molecule has 0 aliphatic heterocycles. The lowest BCUT2D eigenvalue weighted by molar-refractivity contribution is 0.0914. The second-order valence-corrected chi connectivity index (χ2v) is 8.79. The molecular formula is C21H25FN4O. The highest BCUT2D eigenvalue weighted by molar-refractivity contribution is 5.94. The molecule has 27 heavy (non-hydrogen) atoms. The number of halogens is 1. The van der Waals surface area contributed by atoms with Crippen molar-refractivity contribution in [2.24, 2.45) is 0 Å². The quantitative estimate of drug-likeness (QED) is 0.731.